The summed E-state index contributed by atoms with van der Waals surface area (Å²) < 4.78 is 27.2. The first-order valence-electron chi connectivity index (χ1n) is 9.93. The summed E-state index contributed by atoms with van der Waals surface area (Å²) in [6.07, 6.45) is 1.65. The minimum atomic E-state index is -0.778. The van der Waals surface area contributed by atoms with Crippen LogP contribution in [0.1, 0.15) is 37.3 Å². The summed E-state index contributed by atoms with van der Waals surface area (Å²) in [5, 5.41) is 24.6. The van der Waals surface area contributed by atoms with Crippen molar-refractivity contribution in [3.8, 4) is 0 Å². The van der Waals surface area contributed by atoms with E-state index in [4.69, 9.17) is 5.41 Å². The van der Waals surface area contributed by atoms with Gasteiger partial charge in [0.05, 0.1) is 23.2 Å². The second-order valence-electron chi connectivity index (χ2n) is 8.81. The summed E-state index contributed by atoms with van der Waals surface area (Å²) in [4.78, 5) is 14.3. The molecule has 4 N–H and O–H groups in total. The van der Waals surface area contributed by atoms with Gasteiger partial charge in [0.25, 0.3) is 0 Å². The van der Waals surface area contributed by atoms with Crippen LogP contribution in [0.5, 0.6) is 0 Å². The molecular formula is C22H22F2N4O2. The van der Waals surface area contributed by atoms with Crippen LogP contribution in [0, 0.1) is 17.0 Å². The number of anilines is 2. The fraction of sp³-hybridized carbons (Fsp3) is 0.364. The third-order valence-corrected chi connectivity index (χ3v) is 6.41. The Balaban J connectivity index is 1.38. The average Bonchev–Trinajstić information content (AvgIpc) is 2.62. The van der Waals surface area contributed by atoms with Crippen LogP contribution in [0.25, 0.3) is 0 Å². The Morgan fingerprint density at radius 1 is 1.20 bits per heavy atom. The van der Waals surface area contributed by atoms with E-state index in [1.54, 1.807) is 6.92 Å². The molecule has 0 radical (unpaired) electrons. The number of nitrogens with zero attached hydrogens (tertiary/aromatic N) is 1. The first-order valence-corrected chi connectivity index (χ1v) is 9.93. The maximum atomic E-state index is 14.0. The van der Waals surface area contributed by atoms with Crippen molar-refractivity contribution < 1.29 is 18.7 Å². The van der Waals surface area contributed by atoms with Gasteiger partial charge in [-0.25, -0.2) is 8.78 Å². The molecule has 1 saturated carbocycles. The minimum absolute atomic E-state index is 0.0559. The zero-order valence-electron chi connectivity index (χ0n) is 16.4. The van der Waals surface area contributed by atoms with Crippen molar-refractivity contribution >= 4 is 23.2 Å². The number of nitrogens with one attached hydrogen (secondary N) is 3. The molecule has 1 amide bonds. The van der Waals surface area contributed by atoms with E-state index in [1.807, 2.05) is 18.2 Å². The van der Waals surface area contributed by atoms with Gasteiger partial charge in [-0.05, 0) is 49.1 Å². The molecule has 2 fully saturated rings. The normalized spacial score (nSPS) is 29.7. The average molecular weight is 412 g/mol. The van der Waals surface area contributed by atoms with E-state index in [0.29, 0.717) is 24.9 Å². The Kier molecular flexibility index (Phi) is 3.96. The second kappa shape index (κ2) is 6.25. The number of guanidine groups is 1. The fourth-order valence-corrected chi connectivity index (χ4v) is 4.96. The quantitative estimate of drug-likeness (QED) is 0.624. The highest BCUT2D eigenvalue weighted by Gasteiger charge is 2.54. The number of rotatable bonds is 3. The molecule has 1 saturated heterocycles. The Hall–Kier alpha value is -3.00. The molecule has 3 aliphatic rings. The first kappa shape index (κ1) is 19.0. The molecule has 30 heavy (non-hydrogen) atoms. The number of carbonyl (C=O) groups excluding carboxylic acids is 1. The van der Waals surface area contributed by atoms with Gasteiger partial charge in [0.15, 0.2) is 5.96 Å². The van der Waals surface area contributed by atoms with Gasteiger partial charge in [-0.3, -0.25) is 15.1 Å². The van der Waals surface area contributed by atoms with Crippen LogP contribution in [-0.4, -0.2) is 33.5 Å². The lowest BCUT2D eigenvalue weighted by Crippen LogP contribution is -2.69. The van der Waals surface area contributed by atoms with Crippen molar-refractivity contribution in [2.75, 3.05) is 5.32 Å². The molecule has 6 nitrogen and oxygen atoms in total. The molecule has 0 bridgehead atoms. The lowest BCUT2D eigenvalue weighted by molar-refractivity contribution is -0.140. The zero-order valence-corrected chi connectivity index (χ0v) is 16.4. The number of aliphatic hydroxyl groups is 1. The highest BCUT2D eigenvalue weighted by Crippen LogP contribution is 2.48. The van der Waals surface area contributed by atoms with Crippen LogP contribution in [0.2, 0.25) is 0 Å². The van der Waals surface area contributed by atoms with Gasteiger partial charge in [0, 0.05) is 24.2 Å². The molecule has 8 heteroatoms. The Labute approximate surface area is 172 Å². The number of benzene rings is 2. The predicted octanol–water partition coefficient (Wildman–Crippen LogP) is 3.13. The predicted molar refractivity (Wildman–Crippen MR) is 107 cm³/mol. The summed E-state index contributed by atoms with van der Waals surface area (Å²) in [7, 11) is 0. The highest BCUT2D eigenvalue weighted by atomic mass is 19.1. The van der Waals surface area contributed by atoms with E-state index >= 15 is 0 Å². The number of hydrogen-bond acceptors (Lipinski definition) is 4. The monoisotopic (exact) mass is 412 g/mol. The van der Waals surface area contributed by atoms with E-state index < -0.39 is 22.8 Å². The number of halogens is 2. The van der Waals surface area contributed by atoms with E-state index in [2.05, 4.69) is 10.6 Å². The smallest absolute Gasteiger partial charge is 0.232 e. The maximum Gasteiger partial charge on any atom is 0.232 e. The molecule has 0 unspecified atom stereocenters. The van der Waals surface area contributed by atoms with Crippen molar-refractivity contribution in [1.82, 2.24) is 10.2 Å². The third-order valence-electron chi connectivity index (χ3n) is 6.41. The van der Waals surface area contributed by atoms with Gasteiger partial charge >= 0.3 is 0 Å². The molecule has 2 aliphatic carbocycles. The van der Waals surface area contributed by atoms with E-state index in [-0.39, 0.29) is 30.0 Å². The van der Waals surface area contributed by atoms with Crippen molar-refractivity contribution in [3.05, 3.63) is 59.2 Å². The standard InChI is InChI=1S/C22H22F2N4O2/c1-21(30)8-13(9-21)28-19(29)11-22(27-20(28)25)10-14-15(22)3-2-4-17(14)26-18-6-5-12(23)7-16(18)24/h2-7,13,26,30H,8-11H2,1H3,(H2,25,27)/t13-,21+,22-/m0/s1. The van der Waals surface area contributed by atoms with Crippen LogP contribution in [-0.2, 0) is 16.8 Å². The lowest BCUT2D eigenvalue weighted by Gasteiger charge is -2.54. The summed E-state index contributed by atoms with van der Waals surface area (Å²) in [5.41, 5.74) is 1.28. The minimum Gasteiger partial charge on any atom is -0.390 e. The Morgan fingerprint density at radius 3 is 2.63 bits per heavy atom. The molecule has 1 spiro atoms. The van der Waals surface area contributed by atoms with Crippen LogP contribution in [0.3, 0.4) is 0 Å². The maximum absolute atomic E-state index is 14.0. The number of hydrogen-bond donors (Lipinski definition) is 4. The molecule has 1 atom stereocenters. The Bertz CT molecular complexity index is 1060. The van der Waals surface area contributed by atoms with E-state index in [9.17, 15) is 18.7 Å². The number of fused-ring (bicyclic) bond motifs is 2. The van der Waals surface area contributed by atoms with Crippen molar-refractivity contribution in [2.45, 2.75) is 49.8 Å². The highest BCUT2D eigenvalue weighted by molar-refractivity contribution is 6.00. The second-order valence-corrected chi connectivity index (χ2v) is 8.81. The van der Waals surface area contributed by atoms with Crippen molar-refractivity contribution in [2.24, 2.45) is 0 Å². The SMILES string of the molecule is C[C@]1(O)C[C@@H](N2C(=N)N[C@]3(CC2=O)Cc2c(Nc4ccc(F)cc4F)cccc23)C1. The first-order chi connectivity index (χ1) is 14.2. The van der Waals surface area contributed by atoms with E-state index in [0.717, 1.165) is 17.2 Å². The van der Waals surface area contributed by atoms with Gasteiger partial charge < -0.3 is 15.7 Å². The summed E-state index contributed by atoms with van der Waals surface area (Å²) >= 11 is 0. The van der Waals surface area contributed by atoms with Gasteiger partial charge in [-0.2, -0.15) is 0 Å². The third kappa shape index (κ3) is 2.86. The topological polar surface area (TPSA) is 88.5 Å². The fourth-order valence-electron chi connectivity index (χ4n) is 4.96. The Morgan fingerprint density at radius 2 is 1.97 bits per heavy atom. The molecule has 0 aromatic heterocycles. The summed E-state index contributed by atoms with van der Waals surface area (Å²) in [5.74, 6) is -1.39. The van der Waals surface area contributed by atoms with Crippen molar-refractivity contribution in [1.29, 1.82) is 5.41 Å². The largest absolute Gasteiger partial charge is 0.390 e. The zero-order chi connectivity index (χ0) is 21.3. The van der Waals surface area contributed by atoms with Gasteiger partial charge in [-0.1, -0.05) is 12.1 Å². The van der Waals surface area contributed by atoms with Gasteiger partial charge in [-0.15, -0.1) is 0 Å². The number of amides is 1. The summed E-state index contributed by atoms with van der Waals surface area (Å²) in [6.45, 7) is 1.73. The molecule has 156 valence electrons. The molecule has 5 rings (SSSR count). The number of carbonyl (C=O) groups is 1. The molecule has 1 aliphatic heterocycles. The van der Waals surface area contributed by atoms with Crippen LogP contribution >= 0.6 is 0 Å². The summed E-state index contributed by atoms with van der Waals surface area (Å²) in [6, 6.07) is 8.75. The molecular weight excluding hydrogens is 390 g/mol. The van der Waals surface area contributed by atoms with Crippen LogP contribution in [0.4, 0.5) is 20.2 Å². The molecule has 1 heterocycles. The molecule has 2 aromatic rings. The van der Waals surface area contributed by atoms with Gasteiger partial charge in [0.2, 0.25) is 5.91 Å². The molecule has 2 aromatic carbocycles. The van der Waals surface area contributed by atoms with E-state index in [1.165, 1.54) is 17.0 Å². The van der Waals surface area contributed by atoms with Crippen LogP contribution in [0.15, 0.2) is 36.4 Å². The van der Waals surface area contributed by atoms with Crippen LogP contribution < -0.4 is 10.6 Å². The van der Waals surface area contributed by atoms with Crippen molar-refractivity contribution in [3.63, 3.8) is 0 Å². The van der Waals surface area contributed by atoms with Gasteiger partial charge in [0.1, 0.15) is 11.6 Å². The lowest BCUT2D eigenvalue weighted by atomic mass is 9.66.